The van der Waals surface area contributed by atoms with Crippen molar-refractivity contribution in [3.05, 3.63) is 40.9 Å². The normalized spacial score (nSPS) is 19.0. The number of hydrogen-bond acceptors (Lipinski definition) is 2. The number of carboxylic acids is 1. The highest BCUT2D eigenvalue weighted by atomic mass is 35.5. The molecule has 1 amide bonds. The van der Waals surface area contributed by atoms with Crippen LogP contribution in [0.5, 0.6) is 0 Å². The van der Waals surface area contributed by atoms with Gasteiger partial charge in [0.2, 0.25) is 5.91 Å². The van der Waals surface area contributed by atoms with E-state index in [1.54, 1.807) is 30.3 Å². The van der Waals surface area contributed by atoms with Crippen LogP contribution in [0.2, 0.25) is 5.02 Å². The Morgan fingerprint density at radius 3 is 2.63 bits per heavy atom. The number of amides is 1. The Labute approximate surface area is 116 Å². The lowest BCUT2D eigenvalue weighted by Gasteiger charge is -2.19. The molecule has 4 nitrogen and oxygen atoms in total. The van der Waals surface area contributed by atoms with Gasteiger partial charge in [0.25, 0.3) is 0 Å². The first-order valence-corrected chi connectivity index (χ1v) is 6.43. The molecule has 0 saturated carbocycles. The molecule has 19 heavy (non-hydrogen) atoms. The highest BCUT2D eigenvalue weighted by Gasteiger charge is 2.32. The molecule has 1 unspecified atom stereocenters. The highest BCUT2D eigenvalue weighted by molar-refractivity contribution is 6.30. The third kappa shape index (κ3) is 3.35. The number of benzene rings is 1. The van der Waals surface area contributed by atoms with Gasteiger partial charge in [-0.2, -0.15) is 0 Å². The summed E-state index contributed by atoms with van der Waals surface area (Å²) < 4.78 is 0. The summed E-state index contributed by atoms with van der Waals surface area (Å²) in [6.07, 6.45) is 4.33. The number of carboxylic acid groups (broad SMARTS) is 1. The molecule has 1 aliphatic rings. The van der Waals surface area contributed by atoms with Gasteiger partial charge in [0.05, 0.1) is 0 Å². The van der Waals surface area contributed by atoms with Crippen molar-refractivity contribution < 1.29 is 14.7 Å². The molecule has 1 aromatic rings. The van der Waals surface area contributed by atoms with Crippen molar-refractivity contribution >= 4 is 29.6 Å². The molecule has 0 spiro atoms. The second-order valence-corrected chi connectivity index (χ2v) is 4.85. The summed E-state index contributed by atoms with van der Waals surface area (Å²) in [7, 11) is 0. The molecule has 0 aromatic heterocycles. The molecule has 2 rings (SSSR count). The van der Waals surface area contributed by atoms with Crippen LogP contribution in [0, 0.1) is 0 Å². The third-order valence-corrected chi connectivity index (χ3v) is 3.36. The van der Waals surface area contributed by atoms with Gasteiger partial charge in [0.15, 0.2) is 0 Å². The maximum absolute atomic E-state index is 12.0. The molecule has 1 aliphatic heterocycles. The molecule has 0 aliphatic carbocycles. The standard InChI is InChI=1S/C14H14ClNO3/c15-11-6-3-10(4-7-11)5-8-13(17)16-9-1-2-12(16)14(18)19/h3-8,12H,1-2,9H2,(H,18,19)/b8-5+. The Morgan fingerprint density at radius 1 is 1.32 bits per heavy atom. The van der Waals surface area contributed by atoms with Crippen LogP contribution in [0.3, 0.4) is 0 Å². The van der Waals surface area contributed by atoms with Crippen molar-refractivity contribution in [2.75, 3.05) is 6.54 Å². The molecule has 5 heteroatoms. The Morgan fingerprint density at radius 2 is 2.00 bits per heavy atom. The van der Waals surface area contributed by atoms with Gasteiger partial charge >= 0.3 is 5.97 Å². The summed E-state index contributed by atoms with van der Waals surface area (Å²) >= 11 is 5.77. The number of carbonyl (C=O) groups excluding carboxylic acids is 1. The molecule has 1 aromatic carbocycles. The van der Waals surface area contributed by atoms with E-state index in [4.69, 9.17) is 16.7 Å². The van der Waals surface area contributed by atoms with Gasteiger partial charge < -0.3 is 10.0 Å². The number of likely N-dealkylation sites (tertiary alicyclic amines) is 1. The van der Waals surface area contributed by atoms with E-state index in [1.165, 1.54) is 11.0 Å². The molecular formula is C14H14ClNO3. The molecule has 100 valence electrons. The van der Waals surface area contributed by atoms with Crippen molar-refractivity contribution in [3.63, 3.8) is 0 Å². The van der Waals surface area contributed by atoms with Crippen molar-refractivity contribution in [3.8, 4) is 0 Å². The monoisotopic (exact) mass is 279 g/mol. The van der Waals surface area contributed by atoms with Crippen molar-refractivity contribution in [1.29, 1.82) is 0 Å². The molecule has 0 radical (unpaired) electrons. The predicted octanol–water partition coefficient (Wildman–Crippen LogP) is 2.43. The summed E-state index contributed by atoms with van der Waals surface area (Å²) in [5, 5.41) is 9.65. The predicted molar refractivity (Wildman–Crippen MR) is 72.9 cm³/mol. The van der Waals surface area contributed by atoms with Crippen LogP contribution in [0.1, 0.15) is 18.4 Å². The second-order valence-electron chi connectivity index (χ2n) is 4.41. The lowest BCUT2D eigenvalue weighted by molar-refractivity contribution is -0.146. The highest BCUT2D eigenvalue weighted by Crippen LogP contribution is 2.18. The van der Waals surface area contributed by atoms with E-state index in [0.29, 0.717) is 18.0 Å². The summed E-state index contributed by atoms with van der Waals surface area (Å²) in [5.41, 5.74) is 0.851. The summed E-state index contributed by atoms with van der Waals surface area (Å²) in [4.78, 5) is 24.3. The number of hydrogen-bond donors (Lipinski definition) is 1. The molecular weight excluding hydrogens is 266 g/mol. The first-order valence-electron chi connectivity index (χ1n) is 6.05. The largest absolute Gasteiger partial charge is 0.480 e. The fourth-order valence-corrected chi connectivity index (χ4v) is 2.25. The number of rotatable bonds is 3. The zero-order chi connectivity index (χ0) is 13.8. The Balaban J connectivity index is 2.04. The van der Waals surface area contributed by atoms with Crippen molar-refractivity contribution in [2.24, 2.45) is 0 Å². The van der Waals surface area contributed by atoms with Gasteiger partial charge in [-0.1, -0.05) is 23.7 Å². The lowest BCUT2D eigenvalue weighted by atomic mass is 10.2. The lowest BCUT2D eigenvalue weighted by Crippen LogP contribution is -2.39. The molecule has 1 saturated heterocycles. The topological polar surface area (TPSA) is 57.6 Å². The first kappa shape index (κ1) is 13.6. The smallest absolute Gasteiger partial charge is 0.326 e. The van der Waals surface area contributed by atoms with Crippen LogP contribution in [0.4, 0.5) is 0 Å². The van der Waals surface area contributed by atoms with Gasteiger partial charge in [0, 0.05) is 17.6 Å². The van der Waals surface area contributed by atoms with Gasteiger partial charge in [-0.25, -0.2) is 4.79 Å². The average Bonchev–Trinajstić information content (AvgIpc) is 2.87. The summed E-state index contributed by atoms with van der Waals surface area (Å²) in [6, 6.07) is 6.38. The zero-order valence-corrected chi connectivity index (χ0v) is 11.0. The first-order chi connectivity index (χ1) is 9.08. The minimum atomic E-state index is -0.939. The van der Waals surface area contributed by atoms with E-state index in [0.717, 1.165) is 12.0 Å². The SMILES string of the molecule is O=C(O)C1CCCN1C(=O)/C=C/c1ccc(Cl)cc1. The molecule has 0 bridgehead atoms. The van der Waals surface area contributed by atoms with E-state index in [-0.39, 0.29) is 5.91 Å². The van der Waals surface area contributed by atoms with Crippen LogP contribution in [0.25, 0.3) is 6.08 Å². The molecule has 1 fully saturated rings. The van der Waals surface area contributed by atoms with Crippen LogP contribution in [-0.2, 0) is 9.59 Å². The van der Waals surface area contributed by atoms with E-state index < -0.39 is 12.0 Å². The number of halogens is 1. The fourth-order valence-electron chi connectivity index (χ4n) is 2.12. The molecule has 1 N–H and O–H groups in total. The minimum absolute atomic E-state index is 0.264. The molecule has 1 heterocycles. The Kier molecular flexibility index (Phi) is 4.22. The quantitative estimate of drug-likeness (QED) is 0.865. The van der Waals surface area contributed by atoms with Crippen LogP contribution in [0.15, 0.2) is 30.3 Å². The maximum Gasteiger partial charge on any atom is 0.326 e. The van der Waals surface area contributed by atoms with Gasteiger partial charge in [-0.05, 0) is 36.6 Å². The molecule has 1 atom stereocenters. The Hall–Kier alpha value is -1.81. The number of nitrogens with zero attached hydrogens (tertiary/aromatic N) is 1. The average molecular weight is 280 g/mol. The number of aliphatic carboxylic acids is 1. The van der Waals surface area contributed by atoms with Crippen LogP contribution < -0.4 is 0 Å². The van der Waals surface area contributed by atoms with Crippen molar-refractivity contribution in [2.45, 2.75) is 18.9 Å². The maximum atomic E-state index is 12.0. The summed E-state index contributed by atoms with van der Waals surface area (Å²) in [6.45, 7) is 0.501. The third-order valence-electron chi connectivity index (χ3n) is 3.11. The van der Waals surface area contributed by atoms with E-state index in [1.807, 2.05) is 0 Å². The minimum Gasteiger partial charge on any atom is -0.480 e. The zero-order valence-electron chi connectivity index (χ0n) is 10.3. The van der Waals surface area contributed by atoms with Gasteiger partial charge in [-0.3, -0.25) is 4.79 Å². The second kappa shape index (κ2) is 5.89. The number of carbonyl (C=O) groups is 2. The van der Waals surface area contributed by atoms with Crippen LogP contribution in [-0.4, -0.2) is 34.5 Å². The van der Waals surface area contributed by atoms with E-state index >= 15 is 0 Å². The summed E-state index contributed by atoms with van der Waals surface area (Å²) in [5.74, 6) is -1.20. The van der Waals surface area contributed by atoms with Gasteiger partial charge in [0.1, 0.15) is 6.04 Å². The van der Waals surface area contributed by atoms with E-state index in [9.17, 15) is 9.59 Å². The van der Waals surface area contributed by atoms with Crippen molar-refractivity contribution in [1.82, 2.24) is 4.90 Å². The fraction of sp³-hybridized carbons (Fsp3) is 0.286. The van der Waals surface area contributed by atoms with E-state index in [2.05, 4.69) is 0 Å². The van der Waals surface area contributed by atoms with Gasteiger partial charge in [-0.15, -0.1) is 0 Å². The Bertz CT molecular complexity index is 510. The van der Waals surface area contributed by atoms with Crippen LogP contribution >= 0.6 is 11.6 Å².